The van der Waals surface area contributed by atoms with Crippen molar-refractivity contribution in [2.24, 2.45) is 0 Å². The molecule has 1 rings (SSSR count). The number of carbonyl (C=O) groups is 1. The van der Waals surface area contributed by atoms with E-state index in [1.165, 1.54) is 12.1 Å². The van der Waals surface area contributed by atoms with Crippen LogP contribution in [0.2, 0.25) is 0 Å². The average molecular weight is 324 g/mol. The fourth-order valence-corrected chi connectivity index (χ4v) is 1.63. The molecular formula is C12H13BrF3NO. The number of carbonyl (C=O) groups excluding carboxylic acids is 1. The largest absolute Gasteiger partial charge is 0.416 e. The number of alkyl halides is 4. The summed E-state index contributed by atoms with van der Waals surface area (Å²) in [4.78, 5) is 11.4. The van der Waals surface area contributed by atoms with Crippen molar-refractivity contribution in [2.75, 3.05) is 11.9 Å². The van der Waals surface area contributed by atoms with Crippen molar-refractivity contribution in [3.05, 3.63) is 35.4 Å². The molecule has 0 radical (unpaired) electrons. The predicted molar refractivity (Wildman–Crippen MR) is 66.6 cm³/mol. The summed E-state index contributed by atoms with van der Waals surface area (Å²) in [7, 11) is 0. The highest BCUT2D eigenvalue weighted by molar-refractivity contribution is 9.09. The molecule has 1 aromatic rings. The van der Waals surface area contributed by atoms with E-state index < -0.39 is 11.7 Å². The third kappa shape index (κ3) is 5.08. The van der Waals surface area contributed by atoms with Crippen LogP contribution in [0.3, 0.4) is 0 Å². The van der Waals surface area contributed by atoms with Crippen LogP contribution < -0.4 is 5.32 Å². The fraction of sp³-hybridized carbons (Fsp3) is 0.417. The lowest BCUT2D eigenvalue weighted by Gasteiger charge is -2.08. The number of benzene rings is 1. The minimum absolute atomic E-state index is 0.0976. The third-order valence-corrected chi connectivity index (χ3v) is 2.84. The third-order valence-electron chi connectivity index (χ3n) is 2.28. The van der Waals surface area contributed by atoms with Crippen LogP contribution >= 0.6 is 15.9 Å². The molecule has 0 saturated heterocycles. The number of amides is 1. The molecule has 0 spiro atoms. The Bertz CT molecular complexity index is 389. The van der Waals surface area contributed by atoms with Gasteiger partial charge in [-0.15, -0.1) is 0 Å². The van der Waals surface area contributed by atoms with Gasteiger partial charge in [0.1, 0.15) is 0 Å². The van der Waals surface area contributed by atoms with Crippen molar-refractivity contribution < 1.29 is 18.0 Å². The Hall–Kier alpha value is -1.04. The Morgan fingerprint density at radius 1 is 1.22 bits per heavy atom. The van der Waals surface area contributed by atoms with Crippen LogP contribution in [-0.4, -0.2) is 17.8 Å². The van der Waals surface area contributed by atoms with E-state index in [0.717, 1.165) is 23.9 Å². The van der Waals surface area contributed by atoms with Gasteiger partial charge in [0.05, 0.1) is 12.0 Å². The number of hydrogen-bond donors (Lipinski definition) is 1. The second-order valence-corrected chi connectivity index (χ2v) is 4.56. The lowest BCUT2D eigenvalue weighted by molar-refractivity contribution is -0.137. The van der Waals surface area contributed by atoms with Gasteiger partial charge in [-0.3, -0.25) is 4.79 Å². The van der Waals surface area contributed by atoms with E-state index in [0.29, 0.717) is 12.1 Å². The van der Waals surface area contributed by atoms with Gasteiger partial charge in [-0.2, -0.15) is 13.2 Å². The van der Waals surface area contributed by atoms with Gasteiger partial charge < -0.3 is 5.32 Å². The highest BCUT2D eigenvalue weighted by Crippen LogP contribution is 2.29. The predicted octanol–water partition coefficient (Wildman–Crippen LogP) is 3.15. The van der Waals surface area contributed by atoms with E-state index >= 15 is 0 Å². The Balaban J connectivity index is 2.51. The Kier molecular flexibility index (Phi) is 5.65. The molecule has 0 saturated carbocycles. The molecule has 1 N–H and O–H groups in total. The maximum absolute atomic E-state index is 12.3. The molecule has 0 atom stereocenters. The van der Waals surface area contributed by atoms with E-state index in [9.17, 15) is 18.0 Å². The van der Waals surface area contributed by atoms with Gasteiger partial charge in [0.2, 0.25) is 5.91 Å². The standard InChI is InChI=1S/C12H13BrF3NO/c13-6-1-7-17-11(18)8-9-2-4-10(5-3-9)12(14,15)16/h2-5H,1,6-8H2,(H,17,18). The van der Waals surface area contributed by atoms with Crippen LogP contribution in [0.5, 0.6) is 0 Å². The molecule has 2 nitrogen and oxygen atoms in total. The lowest BCUT2D eigenvalue weighted by Crippen LogP contribution is -2.26. The zero-order valence-corrected chi connectivity index (χ0v) is 11.1. The molecule has 1 amide bonds. The zero-order chi connectivity index (χ0) is 13.6. The van der Waals surface area contributed by atoms with Gasteiger partial charge in [-0.25, -0.2) is 0 Å². The van der Waals surface area contributed by atoms with E-state index in [1.54, 1.807) is 0 Å². The Morgan fingerprint density at radius 3 is 2.33 bits per heavy atom. The summed E-state index contributed by atoms with van der Waals surface area (Å²) < 4.78 is 36.9. The molecule has 0 aromatic heterocycles. The van der Waals surface area contributed by atoms with Crippen LogP contribution in [0.1, 0.15) is 17.5 Å². The monoisotopic (exact) mass is 323 g/mol. The van der Waals surface area contributed by atoms with Crippen molar-refractivity contribution in [3.8, 4) is 0 Å². The summed E-state index contributed by atoms with van der Waals surface area (Å²) in [6.45, 7) is 0.560. The highest BCUT2D eigenvalue weighted by atomic mass is 79.9. The smallest absolute Gasteiger partial charge is 0.356 e. The summed E-state index contributed by atoms with van der Waals surface area (Å²) >= 11 is 3.24. The maximum Gasteiger partial charge on any atom is 0.416 e. The number of halogens is 4. The lowest BCUT2D eigenvalue weighted by atomic mass is 10.1. The van der Waals surface area contributed by atoms with Crippen LogP contribution in [0.15, 0.2) is 24.3 Å². The van der Waals surface area contributed by atoms with E-state index in [-0.39, 0.29) is 12.3 Å². The van der Waals surface area contributed by atoms with Gasteiger partial charge in [-0.1, -0.05) is 28.1 Å². The number of rotatable bonds is 5. The van der Waals surface area contributed by atoms with Crippen LogP contribution in [0, 0.1) is 0 Å². The molecule has 18 heavy (non-hydrogen) atoms. The number of nitrogens with one attached hydrogen (secondary N) is 1. The van der Waals surface area contributed by atoms with E-state index in [1.807, 2.05) is 0 Å². The molecule has 0 unspecified atom stereocenters. The first-order chi connectivity index (χ1) is 8.43. The molecule has 0 aliphatic heterocycles. The van der Waals surface area contributed by atoms with Gasteiger partial charge >= 0.3 is 6.18 Å². The van der Waals surface area contributed by atoms with Crippen LogP contribution in [0.4, 0.5) is 13.2 Å². The zero-order valence-electron chi connectivity index (χ0n) is 9.56. The average Bonchev–Trinajstić information content (AvgIpc) is 2.29. The van der Waals surface area contributed by atoms with Gasteiger partial charge in [-0.05, 0) is 24.1 Å². The van der Waals surface area contributed by atoms with Crippen molar-refractivity contribution in [3.63, 3.8) is 0 Å². The minimum Gasteiger partial charge on any atom is -0.356 e. The van der Waals surface area contributed by atoms with E-state index in [4.69, 9.17) is 0 Å². The summed E-state index contributed by atoms with van der Waals surface area (Å²) in [5, 5.41) is 3.48. The van der Waals surface area contributed by atoms with Crippen molar-refractivity contribution in [1.29, 1.82) is 0 Å². The molecular weight excluding hydrogens is 311 g/mol. The molecule has 100 valence electrons. The molecule has 6 heteroatoms. The van der Waals surface area contributed by atoms with Crippen molar-refractivity contribution in [2.45, 2.75) is 19.0 Å². The topological polar surface area (TPSA) is 29.1 Å². The summed E-state index contributed by atoms with van der Waals surface area (Å²) in [5.74, 6) is -0.185. The van der Waals surface area contributed by atoms with Gasteiger partial charge in [0.15, 0.2) is 0 Å². The first-order valence-electron chi connectivity index (χ1n) is 5.42. The quantitative estimate of drug-likeness (QED) is 0.654. The summed E-state index contributed by atoms with van der Waals surface area (Å²) in [5.41, 5.74) is -0.134. The summed E-state index contributed by atoms with van der Waals surface area (Å²) in [6, 6.07) is 4.63. The van der Waals surface area contributed by atoms with Gasteiger partial charge in [0, 0.05) is 11.9 Å². The molecule has 1 aromatic carbocycles. The molecule has 0 fully saturated rings. The molecule has 0 heterocycles. The first-order valence-corrected chi connectivity index (χ1v) is 6.54. The second kappa shape index (κ2) is 6.78. The van der Waals surface area contributed by atoms with Crippen molar-refractivity contribution >= 4 is 21.8 Å². The molecule has 0 aliphatic rings. The SMILES string of the molecule is O=C(Cc1ccc(C(F)(F)F)cc1)NCCCBr. The van der Waals surface area contributed by atoms with Crippen LogP contribution in [-0.2, 0) is 17.4 Å². The Labute approximate surface area is 112 Å². The highest BCUT2D eigenvalue weighted by Gasteiger charge is 2.29. The van der Waals surface area contributed by atoms with Gasteiger partial charge in [0.25, 0.3) is 0 Å². The minimum atomic E-state index is -4.34. The Morgan fingerprint density at radius 2 is 1.83 bits per heavy atom. The second-order valence-electron chi connectivity index (χ2n) is 3.76. The molecule has 0 aliphatic carbocycles. The fourth-order valence-electron chi connectivity index (χ4n) is 1.35. The maximum atomic E-state index is 12.3. The first kappa shape index (κ1) is 15.0. The van der Waals surface area contributed by atoms with Crippen LogP contribution in [0.25, 0.3) is 0 Å². The number of hydrogen-bond acceptors (Lipinski definition) is 1. The summed E-state index contributed by atoms with van der Waals surface area (Å²) in [6.07, 6.45) is -3.42. The van der Waals surface area contributed by atoms with E-state index in [2.05, 4.69) is 21.2 Å². The molecule has 0 bridgehead atoms. The van der Waals surface area contributed by atoms with Crippen molar-refractivity contribution in [1.82, 2.24) is 5.32 Å². The normalized spacial score (nSPS) is 11.3.